The van der Waals surface area contributed by atoms with Gasteiger partial charge in [0.05, 0.1) is 18.3 Å². The zero-order valence-corrected chi connectivity index (χ0v) is 22.2. The van der Waals surface area contributed by atoms with Gasteiger partial charge in [0.25, 0.3) is 0 Å². The Morgan fingerprint density at radius 1 is 0.953 bits per heavy atom. The number of nitrogens with one attached hydrogen (secondary N) is 1. The van der Waals surface area contributed by atoms with Gasteiger partial charge >= 0.3 is 19.0 Å². The third kappa shape index (κ3) is 6.05. The van der Waals surface area contributed by atoms with E-state index in [0.717, 1.165) is 12.4 Å². The van der Waals surface area contributed by atoms with Gasteiger partial charge in [-0.05, 0) is 24.1 Å². The average molecular weight is 612 g/mol. The van der Waals surface area contributed by atoms with Crippen LogP contribution in [0.5, 0.6) is 5.88 Å². The van der Waals surface area contributed by atoms with E-state index in [4.69, 9.17) is 5.41 Å². The minimum Gasteiger partial charge on any atom is -0.416 e. The molecule has 0 bridgehead atoms. The van der Waals surface area contributed by atoms with Gasteiger partial charge in [-0.2, -0.15) is 35.1 Å². The molecule has 0 aliphatic carbocycles. The lowest BCUT2D eigenvalue weighted by atomic mass is 10.1. The topological polar surface area (TPSA) is 99.4 Å². The predicted molar refractivity (Wildman–Crippen MR) is 135 cm³/mol. The molecule has 9 nitrogen and oxygen atoms in total. The van der Waals surface area contributed by atoms with E-state index in [9.17, 15) is 35.1 Å². The molecule has 0 amide bonds. The van der Waals surface area contributed by atoms with E-state index in [-0.39, 0.29) is 34.9 Å². The zero-order valence-electron chi connectivity index (χ0n) is 22.2. The van der Waals surface area contributed by atoms with Crippen molar-refractivity contribution in [2.45, 2.75) is 39.0 Å². The normalized spacial score (nSPS) is 12.4. The maximum atomic E-state index is 13.4. The summed E-state index contributed by atoms with van der Waals surface area (Å²) in [5.41, 5.74) is -0.684. The van der Waals surface area contributed by atoms with Crippen LogP contribution in [0.2, 0.25) is 0 Å². The molecule has 0 fully saturated rings. The molecule has 1 aromatic carbocycles. The van der Waals surface area contributed by atoms with Crippen LogP contribution in [0, 0.1) is 12.3 Å². The quantitative estimate of drug-likeness (QED) is 0.237. The molecule has 0 radical (unpaired) electrons. The summed E-state index contributed by atoms with van der Waals surface area (Å²) in [6.45, 7) is -3.35. The molecule has 0 spiro atoms. The molecule has 0 aliphatic rings. The van der Waals surface area contributed by atoms with E-state index in [1.807, 2.05) is 0 Å². The Kier molecular flexibility index (Phi) is 7.43. The first-order chi connectivity index (χ1) is 20.1. The summed E-state index contributed by atoms with van der Waals surface area (Å²) in [5, 5.41) is 8.52. The van der Waals surface area contributed by atoms with Gasteiger partial charge in [-0.15, -0.1) is 0 Å². The van der Waals surface area contributed by atoms with Crippen molar-refractivity contribution in [2.24, 2.45) is 7.05 Å². The summed E-state index contributed by atoms with van der Waals surface area (Å²) in [5.74, 6) is -0.613. The Morgan fingerprint density at radius 3 is 2.26 bits per heavy atom. The van der Waals surface area contributed by atoms with Gasteiger partial charge in [-0.3, -0.25) is 14.5 Å². The highest BCUT2D eigenvalue weighted by molar-refractivity contribution is 5.76. The molecule has 0 unspecified atom stereocenters. The molecule has 1 N–H and O–H groups in total. The highest BCUT2D eigenvalue weighted by atomic mass is 19.4. The van der Waals surface area contributed by atoms with E-state index in [0.29, 0.717) is 21.3 Å². The minimum atomic E-state index is -4.70. The molecule has 0 saturated carbocycles. The maximum absolute atomic E-state index is 13.4. The lowest BCUT2D eigenvalue weighted by Crippen LogP contribution is -2.30. The first kappa shape index (κ1) is 29.7. The van der Waals surface area contributed by atoms with Gasteiger partial charge < -0.3 is 9.30 Å². The number of benzene rings is 1. The highest BCUT2D eigenvalue weighted by Crippen LogP contribution is 2.32. The smallest absolute Gasteiger partial charge is 0.416 e. The van der Waals surface area contributed by atoms with Gasteiger partial charge in [0.15, 0.2) is 17.2 Å². The lowest BCUT2D eigenvalue weighted by Gasteiger charge is -2.11. The minimum absolute atomic E-state index is 0.0102. The Morgan fingerprint density at radius 2 is 1.65 bits per heavy atom. The Hall–Kier alpha value is -4.83. The van der Waals surface area contributed by atoms with Crippen LogP contribution >= 0.6 is 0 Å². The first-order valence-electron chi connectivity index (χ1n) is 12.3. The number of nitrogens with zero attached hydrogens (tertiary/aromatic N) is 7. The third-order valence-electron chi connectivity index (χ3n) is 6.41. The summed E-state index contributed by atoms with van der Waals surface area (Å²) in [7, 11) is 1.40. The molecule has 4 heterocycles. The number of hydrogen-bond acceptors (Lipinski definition) is 6. The van der Waals surface area contributed by atoms with Crippen LogP contribution in [0.3, 0.4) is 0 Å². The number of aryl methyl sites for hydroxylation is 2. The van der Waals surface area contributed by atoms with E-state index in [2.05, 4.69) is 24.7 Å². The molecule has 0 atom stereocenters. The summed E-state index contributed by atoms with van der Waals surface area (Å²) in [6.07, 6.45) is -6.20. The van der Waals surface area contributed by atoms with Crippen LogP contribution in [0.15, 0.2) is 48.9 Å². The Balaban J connectivity index is 1.59. The number of pyridine rings is 1. The fraction of sp³-hybridized carbons (Fsp3) is 0.269. The van der Waals surface area contributed by atoms with E-state index in [1.165, 1.54) is 52.7 Å². The third-order valence-corrected chi connectivity index (χ3v) is 6.41. The van der Waals surface area contributed by atoms with Crippen LogP contribution in [0.25, 0.3) is 33.9 Å². The molecule has 17 heteroatoms. The van der Waals surface area contributed by atoms with Crippen molar-refractivity contribution in [1.82, 2.24) is 33.6 Å². The van der Waals surface area contributed by atoms with Crippen LogP contribution in [-0.4, -0.2) is 46.4 Å². The number of ether oxygens (including phenoxy) is 1. The van der Waals surface area contributed by atoms with Gasteiger partial charge in [-0.1, -0.05) is 24.3 Å². The van der Waals surface area contributed by atoms with Crippen molar-refractivity contribution < 1.29 is 39.9 Å². The average Bonchev–Trinajstić information content (AvgIpc) is 3.42. The molecule has 0 saturated heterocycles. The number of rotatable bonds is 7. The molecule has 4 aromatic heterocycles. The van der Waals surface area contributed by atoms with Gasteiger partial charge in [-0.25, -0.2) is 19.9 Å². The fourth-order valence-corrected chi connectivity index (χ4v) is 4.52. The summed E-state index contributed by atoms with van der Waals surface area (Å²) in [4.78, 5) is 15.9. The number of imidazole rings is 2. The van der Waals surface area contributed by atoms with E-state index < -0.39 is 42.7 Å². The highest BCUT2D eigenvalue weighted by Gasteiger charge is 2.34. The summed E-state index contributed by atoms with van der Waals surface area (Å²) >= 11 is 0. The van der Waals surface area contributed by atoms with Crippen LogP contribution in [0.4, 0.5) is 35.1 Å². The Labute approximate surface area is 236 Å². The number of hydrogen-bond donors (Lipinski definition) is 1. The van der Waals surface area contributed by atoms with Crippen LogP contribution in [0.1, 0.15) is 16.8 Å². The van der Waals surface area contributed by atoms with Crippen molar-refractivity contribution in [3.8, 4) is 28.7 Å². The van der Waals surface area contributed by atoms with Crippen LogP contribution in [-0.2, 0) is 26.3 Å². The second kappa shape index (κ2) is 10.8. The van der Waals surface area contributed by atoms with Crippen molar-refractivity contribution in [2.75, 3.05) is 0 Å². The first-order valence-corrected chi connectivity index (χ1v) is 12.3. The molecule has 226 valence electrons. The second-order valence-corrected chi connectivity index (χ2v) is 9.46. The molecule has 43 heavy (non-hydrogen) atoms. The molecule has 5 rings (SSSR count). The van der Waals surface area contributed by atoms with Crippen molar-refractivity contribution in [1.29, 1.82) is 5.41 Å². The largest absolute Gasteiger partial charge is 0.434 e. The predicted octanol–water partition coefficient (Wildman–Crippen LogP) is 5.71. The number of alkyl halides is 8. The number of fused-ring (bicyclic) bond motifs is 1. The summed E-state index contributed by atoms with van der Waals surface area (Å²) < 4.78 is 113. The molecule has 0 aliphatic heterocycles. The second-order valence-electron chi connectivity index (χ2n) is 9.46. The number of aromatic nitrogens is 7. The van der Waals surface area contributed by atoms with Gasteiger partial charge in [0.2, 0.25) is 11.5 Å². The standard InChI is InChI=1S/C26H20F8N8O/c1-13-7-8-36-22(43-23(27)28)18(13)19-37-9-16-21(39-19)41(24(35)42(16)12-25(29,30)31)10-14-3-5-15(6-4-14)20-38-17(11-40(20)2)26(32,33)34/h3-9,11,23,35H,10,12H2,1-2H3. The van der Waals surface area contributed by atoms with Crippen molar-refractivity contribution >= 4 is 11.2 Å². The number of halogens is 8. The Bertz CT molecular complexity index is 1850. The summed E-state index contributed by atoms with van der Waals surface area (Å²) in [6, 6.07) is 7.52. The monoisotopic (exact) mass is 612 g/mol. The van der Waals surface area contributed by atoms with Crippen LogP contribution < -0.4 is 10.4 Å². The maximum Gasteiger partial charge on any atom is 0.434 e. The van der Waals surface area contributed by atoms with E-state index >= 15 is 0 Å². The SMILES string of the molecule is Cc1ccnc(OC(F)F)c1-c1ncc2c(n1)n(Cc1ccc(-c3nc(C(F)(F)F)cn3C)cc1)c(=N)n2CC(F)(F)F. The molecule has 5 aromatic rings. The molecular formula is C26H20F8N8O. The zero-order chi connectivity index (χ0) is 31.3. The van der Waals surface area contributed by atoms with Crippen molar-refractivity contribution in [3.63, 3.8) is 0 Å². The van der Waals surface area contributed by atoms with Crippen molar-refractivity contribution in [3.05, 3.63) is 71.4 Å². The van der Waals surface area contributed by atoms with E-state index in [1.54, 1.807) is 6.92 Å². The van der Waals surface area contributed by atoms with Gasteiger partial charge in [0, 0.05) is 25.0 Å². The fourth-order valence-electron chi connectivity index (χ4n) is 4.52. The van der Waals surface area contributed by atoms with Gasteiger partial charge in [0.1, 0.15) is 17.9 Å². The molecular weight excluding hydrogens is 592 g/mol. The lowest BCUT2D eigenvalue weighted by molar-refractivity contribution is -0.141.